The van der Waals surface area contributed by atoms with Gasteiger partial charge >= 0.3 is 0 Å². The second-order valence-corrected chi connectivity index (χ2v) is 4.13. The fourth-order valence-corrected chi connectivity index (χ4v) is 1.87. The molecule has 0 bridgehead atoms. The summed E-state index contributed by atoms with van der Waals surface area (Å²) in [5.41, 5.74) is 1.15. The zero-order valence-corrected chi connectivity index (χ0v) is 9.66. The first kappa shape index (κ1) is 10.4. The van der Waals surface area contributed by atoms with E-state index in [0.29, 0.717) is 17.9 Å². The molecular formula is C11H10BrNO2. The summed E-state index contributed by atoms with van der Waals surface area (Å²) in [5, 5.41) is 0. The minimum atomic E-state index is -0.0535. The molecule has 0 spiro atoms. The van der Waals surface area contributed by atoms with Crippen LogP contribution in [0, 0.1) is 0 Å². The summed E-state index contributed by atoms with van der Waals surface area (Å²) in [5.74, 6) is -0.0535. The maximum Gasteiger partial charge on any atom is 0.211 e. The Morgan fingerprint density at radius 3 is 3.07 bits per heavy atom. The molecule has 0 radical (unpaired) electrons. The molecule has 1 aromatic heterocycles. The predicted octanol–water partition coefficient (Wildman–Crippen LogP) is 2.72. The Kier molecular flexibility index (Phi) is 3.16. The largest absolute Gasteiger partial charge is 0.501 e. The van der Waals surface area contributed by atoms with E-state index in [4.69, 9.17) is 4.74 Å². The predicted molar refractivity (Wildman–Crippen MR) is 59.5 cm³/mol. The van der Waals surface area contributed by atoms with Crippen LogP contribution in [0.5, 0.6) is 0 Å². The maximum atomic E-state index is 12.0. The van der Waals surface area contributed by atoms with Gasteiger partial charge in [0, 0.05) is 16.2 Å². The summed E-state index contributed by atoms with van der Waals surface area (Å²) in [4.78, 5) is 16.0. The highest BCUT2D eigenvalue weighted by atomic mass is 79.9. The number of aromatic nitrogens is 1. The number of Topliss-reactive ketones (excluding diaryl/α,β-unsaturated/α-hetero) is 1. The summed E-state index contributed by atoms with van der Waals surface area (Å²) in [6.07, 6.45) is 4.82. The molecule has 2 rings (SSSR count). The number of allylic oxidation sites excluding steroid dienone is 1. The van der Waals surface area contributed by atoms with E-state index in [2.05, 4.69) is 20.9 Å². The van der Waals surface area contributed by atoms with Crippen molar-refractivity contribution in [3.05, 3.63) is 40.3 Å². The van der Waals surface area contributed by atoms with Crippen LogP contribution in [0.15, 0.2) is 34.6 Å². The monoisotopic (exact) mass is 267 g/mol. The molecule has 1 aromatic rings. The Balaban J connectivity index is 2.28. The van der Waals surface area contributed by atoms with Gasteiger partial charge in [0.2, 0.25) is 5.78 Å². The SMILES string of the molecule is O=C(C1=COCCC1)c1ncccc1Br. The summed E-state index contributed by atoms with van der Waals surface area (Å²) in [6.45, 7) is 0.695. The third-order valence-corrected chi connectivity index (χ3v) is 2.84. The maximum absolute atomic E-state index is 12.0. The van der Waals surface area contributed by atoms with Crippen molar-refractivity contribution in [2.75, 3.05) is 6.61 Å². The van der Waals surface area contributed by atoms with Crippen LogP contribution in [0.2, 0.25) is 0 Å². The Bertz CT molecular complexity index is 415. The second-order valence-electron chi connectivity index (χ2n) is 3.28. The molecule has 0 N–H and O–H groups in total. The molecule has 0 atom stereocenters. The molecule has 15 heavy (non-hydrogen) atoms. The molecule has 0 saturated carbocycles. The lowest BCUT2D eigenvalue weighted by atomic mass is 10.0. The average Bonchev–Trinajstić information content (AvgIpc) is 2.30. The van der Waals surface area contributed by atoms with Crippen LogP contribution in [-0.2, 0) is 4.74 Å². The highest BCUT2D eigenvalue weighted by molar-refractivity contribution is 9.10. The van der Waals surface area contributed by atoms with Crippen molar-refractivity contribution in [2.45, 2.75) is 12.8 Å². The molecule has 0 unspecified atom stereocenters. The van der Waals surface area contributed by atoms with Gasteiger partial charge in [-0.15, -0.1) is 0 Å². The van der Waals surface area contributed by atoms with Gasteiger partial charge < -0.3 is 4.74 Å². The second kappa shape index (κ2) is 4.57. The van der Waals surface area contributed by atoms with Gasteiger partial charge in [-0.2, -0.15) is 0 Å². The normalized spacial score (nSPS) is 15.4. The van der Waals surface area contributed by atoms with Crippen LogP contribution < -0.4 is 0 Å². The standard InChI is InChI=1S/C11H10BrNO2/c12-9-4-1-5-13-10(9)11(14)8-3-2-6-15-7-8/h1,4-5,7H,2-3,6H2. The van der Waals surface area contributed by atoms with Gasteiger partial charge in [-0.25, -0.2) is 0 Å². The molecule has 0 fully saturated rings. The number of halogens is 1. The van der Waals surface area contributed by atoms with Gasteiger partial charge in [-0.05, 0) is 40.9 Å². The van der Waals surface area contributed by atoms with Crippen molar-refractivity contribution in [3.8, 4) is 0 Å². The van der Waals surface area contributed by atoms with Gasteiger partial charge in [-0.1, -0.05) is 0 Å². The number of ether oxygens (including phenoxy) is 1. The van der Waals surface area contributed by atoms with E-state index < -0.39 is 0 Å². The van der Waals surface area contributed by atoms with Crippen molar-refractivity contribution in [2.24, 2.45) is 0 Å². The quantitative estimate of drug-likeness (QED) is 0.774. The number of carbonyl (C=O) groups is 1. The molecule has 0 saturated heterocycles. The first-order valence-electron chi connectivity index (χ1n) is 4.75. The van der Waals surface area contributed by atoms with Gasteiger partial charge in [-0.3, -0.25) is 9.78 Å². The van der Waals surface area contributed by atoms with E-state index >= 15 is 0 Å². The van der Waals surface area contributed by atoms with E-state index in [0.717, 1.165) is 17.3 Å². The fraction of sp³-hybridized carbons (Fsp3) is 0.273. The molecule has 0 amide bonds. The Morgan fingerprint density at radius 2 is 2.40 bits per heavy atom. The van der Waals surface area contributed by atoms with Crippen molar-refractivity contribution in [1.82, 2.24) is 4.98 Å². The first-order valence-corrected chi connectivity index (χ1v) is 5.54. The molecule has 0 aliphatic carbocycles. The van der Waals surface area contributed by atoms with Crippen LogP contribution in [0.4, 0.5) is 0 Å². The lowest BCUT2D eigenvalue weighted by Crippen LogP contribution is -2.11. The number of nitrogens with zero attached hydrogens (tertiary/aromatic N) is 1. The minimum Gasteiger partial charge on any atom is -0.501 e. The van der Waals surface area contributed by atoms with Gasteiger partial charge in [0.25, 0.3) is 0 Å². The smallest absolute Gasteiger partial charge is 0.211 e. The highest BCUT2D eigenvalue weighted by Gasteiger charge is 2.18. The van der Waals surface area contributed by atoms with E-state index in [1.807, 2.05) is 6.07 Å². The summed E-state index contributed by atoms with van der Waals surface area (Å²) in [7, 11) is 0. The van der Waals surface area contributed by atoms with Crippen LogP contribution in [0.1, 0.15) is 23.3 Å². The van der Waals surface area contributed by atoms with Crippen molar-refractivity contribution in [1.29, 1.82) is 0 Å². The summed E-state index contributed by atoms with van der Waals surface area (Å²) < 4.78 is 5.86. The lowest BCUT2D eigenvalue weighted by molar-refractivity contribution is 0.100. The van der Waals surface area contributed by atoms with E-state index in [9.17, 15) is 4.79 Å². The summed E-state index contributed by atoms with van der Waals surface area (Å²) in [6, 6.07) is 3.59. The number of pyridine rings is 1. The Labute approximate surface area is 96.3 Å². The third kappa shape index (κ3) is 2.26. The highest BCUT2D eigenvalue weighted by Crippen LogP contribution is 2.21. The Hall–Kier alpha value is -1.16. The van der Waals surface area contributed by atoms with Crippen LogP contribution >= 0.6 is 15.9 Å². The van der Waals surface area contributed by atoms with Crippen molar-refractivity contribution >= 4 is 21.7 Å². The zero-order valence-electron chi connectivity index (χ0n) is 8.07. The van der Waals surface area contributed by atoms with Crippen molar-refractivity contribution in [3.63, 3.8) is 0 Å². The third-order valence-electron chi connectivity index (χ3n) is 2.20. The molecule has 3 nitrogen and oxygen atoms in total. The number of carbonyl (C=O) groups excluding carboxylic acids is 1. The average molecular weight is 268 g/mol. The molecule has 1 aliphatic heterocycles. The number of rotatable bonds is 2. The van der Waals surface area contributed by atoms with Crippen LogP contribution in [0.25, 0.3) is 0 Å². The number of hydrogen-bond donors (Lipinski definition) is 0. The van der Waals surface area contributed by atoms with E-state index in [-0.39, 0.29) is 5.78 Å². The molecule has 1 aliphatic rings. The van der Waals surface area contributed by atoms with Gasteiger partial charge in [0.1, 0.15) is 5.69 Å². The van der Waals surface area contributed by atoms with E-state index in [1.54, 1.807) is 18.5 Å². The van der Waals surface area contributed by atoms with Gasteiger partial charge in [0.15, 0.2) is 0 Å². The topological polar surface area (TPSA) is 39.2 Å². The molecular weight excluding hydrogens is 258 g/mol. The van der Waals surface area contributed by atoms with E-state index in [1.165, 1.54) is 0 Å². The van der Waals surface area contributed by atoms with Crippen molar-refractivity contribution < 1.29 is 9.53 Å². The van der Waals surface area contributed by atoms with Crippen LogP contribution in [0.3, 0.4) is 0 Å². The first-order chi connectivity index (χ1) is 7.29. The molecule has 4 heteroatoms. The molecule has 2 heterocycles. The fourth-order valence-electron chi connectivity index (χ4n) is 1.44. The molecule has 78 valence electrons. The minimum absolute atomic E-state index is 0.0535. The number of ketones is 1. The Morgan fingerprint density at radius 1 is 1.53 bits per heavy atom. The number of hydrogen-bond acceptors (Lipinski definition) is 3. The van der Waals surface area contributed by atoms with Gasteiger partial charge in [0.05, 0.1) is 12.9 Å². The zero-order chi connectivity index (χ0) is 10.7. The summed E-state index contributed by atoms with van der Waals surface area (Å²) >= 11 is 3.31. The van der Waals surface area contributed by atoms with Crippen LogP contribution in [-0.4, -0.2) is 17.4 Å². The molecule has 0 aromatic carbocycles. The lowest BCUT2D eigenvalue weighted by Gasteiger charge is -2.12.